The predicted octanol–water partition coefficient (Wildman–Crippen LogP) is 0.204. The van der Waals surface area contributed by atoms with Crippen LogP contribution in [0.25, 0.3) is 0 Å². The third kappa shape index (κ3) is 4.41. The lowest BCUT2D eigenvalue weighted by molar-refractivity contribution is 0.0759. The van der Waals surface area contributed by atoms with E-state index in [9.17, 15) is 8.42 Å². The number of nitrogen functional groups attached to an aromatic ring is 1. The molecule has 0 atom stereocenters. The molecule has 7 nitrogen and oxygen atoms in total. The molecule has 1 rings (SSSR count). The molecule has 0 amide bonds. The number of aromatic nitrogens is 1. The highest BCUT2D eigenvalue weighted by molar-refractivity contribution is 7.91. The smallest absolute Gasteiger partial charge is 0.182 e. The monoisotopic (exact) mass is 295 g/mol. The van der Waals surface area contributed by atoms with E-state index in [-0.39, 0.29) is 10.7 Å². The zero-order valence-corrected chi connectivity index (χ0v) is 11.9. The van der Waals surface area contributed by atoms with Crippen LogP contribution in [0.3, 0.4) is 0 Å². The number of methoxy groups -OCH3 is 1. The molecular weight excluding hydrogens is 278 g/mol. The van der Waals surface area contributed by atoms with E-state index in [1.807, 2.05) is 0 Å². The fourth-order valence-electron chi connectivity index (χ4n) is 1.25. The van der Waals surface area contributed by atoms with E-state index in [1.54, 1.807) is 7.11 Å². The molecule has 1 heterocycles. The molecule has 0 unspecified atom stereocenters. The van der Waals surface area contributed by atoms with Crippen molar-refractivity contribution in [3.8, 4) is 0 Å². The summed E-state index contributed by atoms with van der Waals surface area (Å²) in [4.78, 5) is 0.0596. The lowest BCUT2D eigenvalue weighted by atomic mass is 10.6. The van der Waals surface area contributed by atoms with Gasteiger partial charge in [0.25, 0.3) is 0 Å². The average molecular weight is 295 g/mol. The number of hydrogen-bond acceptors (Lipinski definition) is 8. The highest BCUT2D eigenvalue weighted by atomic mass is 32.2. The molecule has 0 aliphatic rings. The SMILES string of the molecule is COCCOCCNc1snc(N)c1S(C)(=O)=O. The molecule has 9 heteroatoms. The van der Waals surface area contributed by atoms with Crippen LogP contribution in [-0.2, 0) is 19.3 Å². The summed E-state index contributed by atoms with van der Waals surface area (Å²) in [7, 11) is -1.78. The molecule has 0 saturated heterocycles. The van der Waals surface area contributed by atoms with Gasteiger partial charge in [-0.25, -0.2) is 8.42 Å². The quantitative estimate of drug-likeness (QED) is 0.660. The van der Waals surface area contributed by atoms with Crippen molar-refractivity contribution in [3.63, 3.8) is 0 Å². The van der Waals surface area contributed by atoms with Gasteiger partial charge in [0.05, 0.1) is 19.8 Å². The van der Waals surface area contributed by atoms with Crippen molar-refractivity contribution >= 4 is 32.2 Å². The Hall–Kier alpha value is -0.900. The van der Waals surface area contributed by atoms with Crippen LogP contribution in [0, 0.1) is 0 Å². The summed E-state index contributed by atoms with van der Waals surface area (Å²) in [6.45, 7) is 1.96. The van der Waals surface area contributed by atoms with Gasteiger partial charge < -0.3 is 20.5 Å². The van der Waals surface area contributed by atoms with Crippen molar-refractivity contribution < 1.29 is 17.9 Å². The second-order valence-corrected chi connectivity index (χ2v) is 6.26. The van der Waals surface area contributed by atoms with Gasteiger partial charge in [-0.15, -0.1) is 0 Å². The van der Waals surface area contributed by atoms with Gasteiger partial charge in [-0.05, 0) is 11.5 Å². The summed E-state index contributed by atoms with van der Waals surface area (Å²) in [5.74, 6) is 0.0327. The molecule has 0 aliphatic heterocycles. The molecule has 0 aliphatic carbocycles. The minimum atomic E-state index is -3.37. The predicted molar refractivity (Wildman–Crippen MR) is 70.8 cm³/mol. The Kier molecular flexibility index (Phi) is 5.79. The summed E-state index contributed by atoms with van der Waals surface area (Å²) in [5, 5.41) is 3.40. The van der Waals surface area contributed by atoms with Crippen LogP contribution in [0.1, 0.15) is 0 Å². The minimum absolute atomic E-state index is 0.0327. The molecule has 1 aromatic heterocycles. The van der Waals surface area contributed by atoms with Gasteiger partial charge in [0.15, 0.2) is 15.7 Å². The lowest BCUT2D eigenvalue weighted by Gasteiger charge is -2.06. The van der Waals surface area contributed by atoms with Crippen molar-refractivity contribution in [1.82, 2.24) is 4.37 Å². The molecule has 104 valence electrons. The first-order valence-corrected chi connectivity index (χ1v) is 7.89. The summed E-state index contributed by atoms with van der Waals surface area (Å²) < 4.78 is 36.9. The molecule has 1 aromatic rings. The molecule has 18 heavy (non-hydrogen) atoms. The van der Waals surface area contributed by atoms with Crippen molar-refractivity contribution in [3.05, 3.63) is 0 Å². The number of hydrogen-bond donors (Lipinski definition) is 2. The molecule has 0 bridgehead atoms. The number of ether oxygens (including phenoxy) is 2. The van der Waals surface area contributed by atoms with Crippen LogP contribution >= 0.6 is 11.5 Å². The maximum absolute atomic E-state index is 11.5. The summed E-state index contributed by atoms with van der Waals surface area (Å²) in [6, 6.07) is 0. The van der Waals surface area contributed by atoms with Gasteiger partial charge in [-0.2, -0.15) is 4.37 Å². The Morgan fingerprint density at radius 3 is 2.72 bits per heavy atom. The largest absolute Gasteiger partial charge is 0.382 e. The molecule has 0 saturated carbocycles. The van der Waals surface area contributed by atoms with E-state index in [4.69, 9.17) is 15.2 Å². The van der Waals surface area contributed by atoms with Crippen LogP contribution in [0.4, 0.5) is 10.8 Å². The van der Waals surface area contributed by atoms with E-state index in [0.717, 1.165) is 17.8 Å². The lowest BCUT2D eigenvalue weighted by Crippen LogP contribution is -2.13. The second-order valence-electron chi connectivity index (χ2n) is 3.53. The Morgan fingerprint density at radius 1 is 1.39 bits per heavy atom. The first-order chi connectivity index (χ1) is 8.46. The molecule has 0 radical (unpaired) electrons. The highest BCUT2D eigenvalue weighted by Gasteiger charge is 2.20. The van der Waals surface area contributed by atoms with Gasteiger partial charge in [0.1, 0.15) is 9.90 Å². The van der Waals surface area contributed by atoms with Crippen molar-refractivity contribution in [2.24, 2.45) is 0 Å². The third-order valence-electron chi connectivity index (χ3n) is 2.01. The van der Waals surface area contributed by atoms with Crippen LogP contribution in [-0.4, -0.2) is 52.5 Å². The fraction of sp³-hybridized carbons (Fsp3) is 0.667. The number of rotatable bonds is 8. The fourth-order valence-corrected chi connectivity index (χ4v) is 3.34. The van der Waals surface area contributed by atoms with Crippen molar-refractivity contribution in [1.29, 1.82) is 0 Å². The summed E-state index contributed by atoms with van der Waals surface area (Å²) >= 11 is 1.03. The van der Waals surface area contributed by atoms with E-state index in [1.165, 1.54) is 0 Å². The van der Waals surface area contributed by atoms with Gasteiger partial charge in [0, 0.05) is 19.9 Å². The van der Waals surface area contributed by atoms with Gasteiger partial charge >= 0.3 is 0 Å². The first kappa shape index (κ1) is 15.2. The third-order valence-corrected chi connectivity index (χ3v) is 4.11. The van der Waals surface area contributed by atoms with Gasteiger partial charge in [-0.3, -0.25) is 0 Å². The maximum atomic E-state index is 11.5. The number of nitrogens with two attached hydrogens (primary N) is 1. The van der Waals surface area contributed by atoms with E-state index in [2.05, 4.69) is 9.69 Å². The maximum Gasteiger partial charge on any atom is 0.182 e. The number of nitrogens with zero attached hydrogens (tertiary/aromatic N) is 1. The Morgan fingerprint density at radius 2 is 2.11 bits per heavy atom. The van der Waals surface area contributed by atoms with Crippen LogP contribution in [0.5, 0.6) is 0 Å². The molecule has 3 N–H and O–H groups in total. The number of nitrogens with one attached hydrogen (secondary N) is 1. The van der Waals surface area contributed by atoms with E-state index in [0.29, 0.717) is 31.4 Å². The molecule has 0 aromatic carbocycles. The zero-order chi connectivity index (χ0) is 13.6. The number of anilines is 2. The van der Waals surface area contributed by atoms with E-state index < -0.39 is 9.84 Å². The van der Waals surface area contributed by atoms with Crippen molar-refractivity contribution in [2.75, 3.05) is 50.8 Å². The van der Waals surface area contributed by atoms with E-state index >= 15 is 0 Å². The summed E-state index contributed by atoms with van der Waals surface area (Å²) in [5.41, 5.74) is 5.53. The highest BCUT2D eigenvalue weighted by Crippen LogP contribution is 2.30. The molecular formula is C9H17N3O4S2. The first-order valence-electron chi connectivity index (χ1n) is 5.22. The average Bonchev–Trinajstić information content (AvgIpc) is 2.64. The topological polar surface area (TPSA) is 104 Å². The van der Waals surface area contributed by atoms with Gasteiger partial charge in [0.2, 0.25) is 0 Å². The summed E-state index contributed by atoms with van der Waals surface area (Å²) in [6.07, 6.45) is 1.10. The zero-order valence-electron chi connectivity index (χ0n) is 10.3. The second kappa shape index (κ2) is 6.88. The Bertz CT molecular complexity index is 472. The Balaban J connectivity index is 2.49. The Labute approximate surface area is 110 Å². The normalized spacial score (nSPS) is 11.7. The van der Waals surface area contributed by atoms with Crippen LogP contribution < -0.4 is 11.1 Å². The van der Waals surface area contributed by atoms with Gasteiger partial charge in [-0.1, -0.05) is 0 Å². The number of sulfone groups is 1. The van der Waals surface area contributed by atoms with Crippen LogP contribution in [0.15, 0.2) is 4.90 Å². The standard InChI is InChI=1S/C9H17N3O4S2/c1-15-5-6-16-4-3-11-9-7(18(2,13)14)8(10)12-17-9/h11H,3-6H2,1-2H3,(H2,10,12). The minimum Gasteiger partial charge on any atom is -0.382 e. The van der Waals surface area contributed by atoms with Crippen molar-refractivity contribution in [2.45, 2.75) is 4.90 Å². The van der Waals surface area contributed by atoms with Crippen LogP contribution in [0.2, 0.25) is 0 Å². The molecule has 0 spiro atoms. The molecule has 0 fully saturated rings.